The van der Waals surface area contributed by atoms with Crippen LogP contribution in [0, 0.1) is 0 Å². The summed E-state index contributed by atoms with van der Waals surface area (Å²) in [4.78, 5) is 30.8. The van der Waals surface area contributed by atoms with E-state index in [0.29, 0.717) is 22.2 Å². The minimum atomic E-state index is -0.272. The topological polar surface area (TPSA) is 66.1 Å². The van der Waals surface area contributed by atoms with Gasteiger partial charge in [0.25, 0.3) is 5.56 Å². The number of pyridine rings is 1. The van der Waals surface area contributed by atoms with Crippen molar-refractivity contribution in [2.24, 2.45) is 0 Å². The first-order valence-electron chi connectivity index (χ1n) is 9.17. The first-order valence-corrected chi connectivity index (χ1v) is 9.17. The van der Waals surface area contributed by atoms with Crippen molar-refractivity contribution in [2.45, 2.75) is 51.6 Å². The van der Waals surface area contributed by atoms with Crippen molar-refractivity contribution in [3.05, 3.63) is 45.2 Å². The van der Waals surface area contributed by atoms with E-state index in [2.05, 4.69) is 4.98 Å². The SMILES string of the molecule is COc1cccc2c1ncc1c(=O)n(C(C)C)c(=O)n(C3CCCC3)c12. The van der Waals surface area contributed by atoms with Crippen LogP contribution in [-0.2, 0) is 0 Å². The summed E-state index contributed by atoms with van der Waals surface area (Å²) >= 11 is 0. The third-order valence-electron chi connectivity index (χ3n) is 5.36. The minimum Gasteiger partial charge on any atom is -0.494 e. The number of benzene rings is 1. The highest BCUT2D eigenvalue weighted by molar-refractivity contribution is 6.04. The van der Waals surface area contributed by atoms with Crippen molar-refractivity contribution in [1.82, 2.24) is 14.1 Å². The van der Waals surface area contributed by atoms with Crippen molar-refractivity contribution >= 4 is 21.8 Å². The summed E-state index contributed by atoms with van der Waals surface area (Å²) in [6, 6.07) is 5.55. The Hall–Kier alpha value is -2.63. The molecular weight excluding hydrogens is 330 g/mol. The average molecular weight is 353 g/mol. The molecule has 0 N–H and O–H groups in total. The van der Waals surface area contributed by atoms with E-state index in [-0.39, 0.29) is 23.3 Å². The summed E-state index contributed by atoms with van der Waals surface area (Å²) in [6.07, 6.45) is 5.71. The van der Waals surface area contributed by atoms with Crippen molar-refractivity contribution in [1.29, 1.82) is 0 Å². The molecule has 0 saturated heterocycles. The second-order valence-corrected chi connectivity index (χ2v) is 7.24. The van der Waals surface area contributed by atoms with Crippen LogP contribution in [0.3, 0.4) is 0 Å². The Morgan fingerprint density at radius 3 is 2.54 bits per heavy atom. The fourth-order valence-corrected chi connectivity index (χ4v) is 4.15. The Morgan fingerprint density at radius 1 is 1.15 bits per heavy atom. The van der Waals surface area contributed by atoms with Crippen LogP contribution in [0.4, 0.5) is 0 Å². The lowest BCUT2D eigenvalue weighted by Gasteiger charge is -2.21. The van der Waals surface area contributed by atoms with Crippen LogP contribution >= 0.6 is 0 Å². The Morgan fingerprint density at radius 2 is 1.88 bits per heavy atom. The zero-order valence-electron chi connectivity index (χ0n) is 15.4. The molecule has 1 saturated carbocycles. The van der Waals surface area contributed by atoms with Crippen molar-refractivity contribution < 1.29 is 4.74 Å². The highest BCUT2D eigenvalue weighted by atomic mass is 16.5. The van der Waals surface area contributed by atoms with E-state index in [1.165, 1.54) is 4.57 Å². The Bertz CT molecular complexity index is 1110. The predicted molar refractivity (Wildman–Crippen MR) is 102 cm³/mol. The number of nitrogens with zero attached hydrogens (tertiary/aromatic N) is 3. The fraction of sp³-hybridized carbons (Fsp3) is 0.450. The number of methoxy groups -OCH3 is 1. The molecule has 1 aliphatic carbocycles. The number of fused-ring (bicyclic) bond motifs is 3. The molecule has 0 unspecified atom stereocenters. The number of para-hydroxylation sites is 1. The summed E-state index contributed by atoms with van der Waals surface area (Å²) in [5.41, 5.74) is 0.870. The lowest BCUT2D eigenvalue weighted by atomic mass is 10.1. The maximum absolute atomic E-state index is 13.3. The molecule has 0 aliphatic heterocycles. The standard InChI is InChI=1S/C20H23N3O3/c1-12(2)22-19(24)15-11-21-17-14(9-6-10-16(17)26-3)18(15)23(20(22)25)13-7-4-5-8-13/h6,9-13H,4-5,7-8H2,1-3H3. The van der Waals surface area contributed by atoms with Gasteiger partial charge in [-0.2, -0.15) is 0 Å². The first-order chi connectivity index (χ1) is 12.5. The van der Waals surface area contributed by atoms with E-state index in [1.807, 2.05) is 36.6 Å². The number of ether oxygens (including phenoxy) is 1. The Labute approximate surface area is 151 Å². The second kappa shape index (κ2) is 6.27. The van der Waals surface area contributed by atoms with E-state index in [9.17, 15) is 9.59 Å². The number of aromatic nitrogens is 3. The molecule has 1 aliphatic rings. The maximum Gasteiger partial charge on any atom is 0.331 e. The van der Waals surface area contributed by atoms with Gasteiger partial charge in [0.1, 0.15) is 11.3 Å². The molecule has 0 radical (unpaired) electrons. The molecule has 0 spiro atoms. The largest absolute Gasteiger partial charge is 0.494 e. The van der Waals surface area contributed by atoms with Gasteiger partial charge < -0.3 is 4.74 Å². The third-order valence-corrected chi connectivity index (χ3v) is 5.36. The molecule has 0 atom stereocenters. The molecule has 3 aromatic rings. The van der Waals surface area contributed by atoms with Crippen LogP contribution < -0.4 is 16.0 Å². The third kappa shape index (κ3) is 2.35. The summed E-state index contributed by atoms with van der Waals surface area (Å²) in [5, 5.41) is 1.28. The predicted octanol–water partition coefficient (Wildman–Crippen LogP) is 3.42. The molecule has 1 fully saturated rings. The fourth-order valence-electron chi connectivity index (χ4n) is 4.15. The van der Waals surface area contributed by atoms with Crippen LogP contribution in [0.15, 0.2) is 34.0 Å². The highest BCUT2D eigenvalue weighted by Crippen LogP contribution is 2.34. The van der Waals surface area contributed by atoms with Gasteiger partial charge in [0, 0.05) is 23.7 Å². The lowest BCUT2D eigenvalue weighted by molar-refractivity contribution is 0.419. The summed E-state index contributed by atoms with van der Waals surface area (Å²) in [6.45, 7) is 3.73. The quantitative estimate of drug-likeness (QED) is 0.677. The van der Waals surface area contributed by atoms with E-state index >= 15 is 0 Å². The highest BCUT2D eigenvalue weighted by Gasteiger charge is 2.25. The first kappa shape index (κ1) is 16.8. The maximum atomic E-state index is 13.3. The summed E-state index contributed by atoms with van der Waals surface area (Å²) in [7, 11) is 1.60. The number of hydrogen-bond donors (Lipinski definition) is 0. The molecule has 136 valence electrons. The van der Waals surface area contributed by atoms with Gasteiger partial charge in [-0.3, -0.25) is 18.9 Å². The monoisotopic (exact) mass is 353 g/mol. The molecule has 0 bridgehead atoms. The van der Waals surface area contributed by atoms with Crippen LogP contribution in [0.5, 0.6) is 5.75 Å². The van der Waals surface area contributed by atoms with Crippen molar-refractivity contribution in [2.75, 3.05) is 7.11 Å². The van der Waals surface area contributed by atoms with Gasteiger partial charge in [-0.25, -0.2) is 4.79 Å². The normalized spacial score (nSPS) is 15.4. The molecular formula is C20H23N3O3. The minimum absolute atomic E-state index is 0.118. The van der Waals surface area contributed by atoms with Gasteiger partial charge in [-0.15, -0.1) is 0 Å². The van der Waals surface area contributed by atoms with Gasteiger partial charge in [0.15, 0.2) is 0 Å². The van der Waals surface area contributed by atoms with Crippen molar-refractivity contribution in [3.8, 4) is 5.75 Å². The van der Waals surface area contributed by atoms with Crippen LogP contribution in [0.25, 0.3) is 21.8 Å². The molecule has 4 rings (SSSR count). The van der Waals surface area contributed by atoms with Gasteiger partial charge in [-0.05, 0) is 32.8 Å². The van der Waals surface area contributed by atoms with Crippen LogP contribution in [0.1, 0.15) is 51.6 Å². The van der Waals surface area contributed by atoms with Crippen LogP contribution in [0.2, 0.25) is 0 Å². The van der Waals surface area contributed by atoms with Crippen LogP contribution in [-0.4, -0.2) is 21.2 Å². The lowest BCUT2D eigenvalue weighted by Crippen LogP contribution is -2.42. The summed E-state index contributed by atoms with van der Waals surface area (Å²) < 4.78 is 8.63. The van der Waals surface area contributed by atoms with E-state index < -0.39 is 0 Å². The molecule has 0 amide bonds. The van der Waals surface area contributed by atoms with Gasteiger partial charge >= 0.3 is 5.69 Å². The second-order valence-electron chi connectivity index (χ2n) is 7.24. The van der Waals surface area contributed by atoms with E-state index in [0.717, 1.165) is 31.1 Å². The number of rotatable bonds is 3. The summed E-state index contributed by atoms with van der Waals surface area (Å²) in [5.74, 6) is 0.642. The van der Waals surface area contributed by atoms with E-state index in [1.54, 1.807) is 13.3 Å². The Kier molecular flexibility index (Phi) is 4.05. The van der Waals surface area contributed by atoms with Gasteiger partial charge in [0.2, 0.25) is 0 Å². The Balaban J connectivity index is 2.24. The van der Waals surface area contributed by atoms with Crippen molar-refractivity contribution in [3.63, 3.8) is 0 Å². The number of hydrogen-bond acceptors (Lipinski definition) is 4. The smallest absolute Gasteiger partial charge is 0.331 e. The molecule has 26 heavy (non-hydrogen) atoms. The molecule has 2 heterocycles. The molecule has 6 heteroatoms. The van der Waals surface area contributed by atoms with Gasteiger partial charge in [-0.1, -0.05) is 25.0 Å². The molecule has 2 aromatic heterocycles. The zero-order chi connectivity index (χ0) is 18.4. The average Bonchev–Trinajstić information content (AvgIpc) is 3.15. The zero-order valence-corrected chi connectivity index (χ0v) is 15.4. The molecule has 1 aromatic carbocycles. The van der Waals surface area contributed by atoms with Gasteiger partial charge in [0.05, 0.1) is 18.0 Å². The molecule has 6 nitrogen and oxygen atoms in total. The van der Waals surface area contributed by atoms with E-state index in [4.69, 9.17) is 4.74 Å².